The lowest BCUT2D eigenvalue weighted by Gasteiger charge is -2.18. The first-order chi connectivity index (χ1) is 8.65. The molecule has 0 aromatic heterocycles. The van der Waals surface area contributed by atoms with Crippen molar-refractivity contribution in [2.45, 2.75) is 24.8 Å². The van der Waals surface area contributed by atoms with E-state index in [0.717, 1.165) is 12.1 Å². The van der Waals surface area contributed by atoms with Gasteiger partial charge in [-0.3, -0.25) is 4.79 Å². The molecule has 0 spiro atoms. The maximum absolute atomic E-state index is 13.4. The summed E-state index contributed by atoms with van der Waals surface area (Å²) in [5, 5.41) is 8.89. The third kappa shape index (κ3) is 3.71. The van der Waals surface area contributed by atoms with Gasteiger partial charge in [0.15, 0.2) is 0 Å². The average molecular weight is 293 g/mol. The van der Waals surface area contributed by atoms with Gasteiger partial charge in [0.1, 0.15) is 22.6 Å². The lowest BCUT2D eigenvalue weighted by molar-refractivity contribution is -0.140. The van der Waals surface area contributed by atoms with Crippen molar-refractivity contribution in [2.75, 3.05) is 0 Å². The lowest BCUT2D eigenvalue weighted by atomic mass is 10.1. The van der Waals surface area contributed by atoms with Gasteiger partial charge in [0.25, 0.3) is 0 Å². The smallest absolute Gasteiger partial charge is 0.322 e. The molecule has 1 rings (SSSR count). The number of carbonyl (C=O) groups is 1. The van der Waals surface area contributed by atoms with Gasteiger partial charge in [-0.2, -0.15) is 4.72 Å². The summed E-state index contributed by atoms with van der Waals surface area (Å²) in [5.41, 5.74) is 0. The molecule has 0 radical (unpaired) electrons. The molecule has 0 saturated carbocycles. The second kappa shape index (κ2) is 5.62. The molecule has 0 bridgehead atoms. The minimum absolute atomic E-state index is 0.416. The van der Waals surface area contributed by atoms with E-state index >= 15 is 0 Å². The standard InChI is InChI=1S/C11H13F2NO4S/c1-6(2)10(11(15)16)14-19(17,18)9-4-3-7(12)5-8(9)13/h3-6,10,14H,1-2H3,(H,15,16)/t10-/m0/s1. The Morgan fingerprint density at radius 3 is 2.32 bits per heavy atom. The number of benzene rings is 1. The molecule has 0 amide bonds. The minimum atomic E-state index is -4.37. The lowest BCUT2D eigenvalue weighted by Crippen LogP contribution is -2.44. The molecule has 1 atom stereocenters. The van der Waals surface area contributed by atoms with Crippen molar-refractivity contribution < 1.29 is 27.1 Å². The maximum atomic E-state index is 13.4. The number of carboxylic acid groups (broad SMARTS) is 1. The summed E-state index contributed by atoms with van der Waals surface area (Å²) in [7, 11) is -4.37. The van der Waals surface area contributed by atoms with Crippen molar-refractivity contribution in [3.8, 4) is 0 Å². The first-order valence-corrected chi connectivity index (χ1v) is 6.83. The van der Waals surface area contributed by atoms with Crippen LogP contribution in [-0.4, -0.2) is 25.5 Å². The monoisotopic (exact) mass is 293 g/mol. The van der Waals surface area contributed by atoms with Gasteiger partial charge < -0.3 is 5.11 Å². The number of hydrogen-bond acceptors (Lipinski definition) is 3. The fourth-order valence-electron chi connectivity index (χ4n) is 1.40. The van der Waals surface area contributed by atoms with Crippen LogP contribution in [0.5, 0.6) is 0 Å². The fourth-order valence-corrected chi connectivity index (χ4v) is 2.79. The van der Waals surface area contributed by atoms with Crippen LogP contribution in [0.1, 0.15) is 13.8 Å². The van der Waals surface area contributed by atoms with E-state index < -0.39 is 44.5 Å². The molecule has 1 aromatic rings. The van der Waals surface area contributed by atoms with Crippen molar-refractivity contribution >= 4 is 16.0 Å². The maximum Gasteiger partial charge on any atom is 0.322 e. The summed E-state index contributed by atoms with van der Waals surface area (Å²) < 4.78 is 51.7. The molecular formula is C11H13F2NO4S. The highest BCUT2D eigenvalue weighted by atomic mass is 32.2. The van der Waals surface area contributed by atoms with Crippen molar-refractivity contribution in [3.63, 3.8) is 0 Å². The summed E-state index contributed by atoms with van der Waals surface area (Å²) in [6.45, 7) is 3.00. The number of aliphatic carboxylic acids is 1. The molecule has 0 fully saturated rings. The zero-order valence-corrected chi connectivity index (χ0v) is 11.0. The zero-order chi connectivity index (χ0) is 14.8. The number of halogens is 2. The van der Waals surface area contributed by atoms with Crippen LogP contribution >= 0.6 is 0 Å². The van der Waals surface area contributed by atoms with Gasteiger partial charge in [-0.05, 0) is 18.1 Å². The number of carboxylic acids is 1. The highest BCUT2D eigenvalue weighted by molar-refractivity contribution is 7.89. The van der Waals surface area contributed by atoms with Crippen molar-refractivity contribution in [3.05, 3.63) is 29.8 Å². The van der Waals surface area contributed by atoms with E-state index in [2.05, 4.69) is 0 Å². The van der Waals surface area contributed by atoms with Gasteiger partial charge in [0, 0.05) is 6.07 Å². The predicted molar refractivity (Wildman–Crippen MR) is 62.9 cm³/mol. The first kappa shape index (κ1) is 15.5. The molecule has 8 heteroatoms. The highest BCUT2D eigenvalue weighted by Crippen LogP contribution is 2.17. The average Bonchev–Trinajstić information content (AvgIpc) is 2.24. The molecule has 2 N–H and O–H groups in total. The molecular weight excluding hydrogens is 280 g/mol. The Hall–Kier alpha value is -1.54. The Balaban J connectivity index is 3.14. The molecule has 0 saturated heterocycles. The van der Waals surface area contributed by atoms with Crippen LogP contribution in [0, 0.1) is 17.6 Å². The van der Waals surface area contributed by atoms with Gasteiger partial charge >= 0.3 is 5.97 Å². The zero-order valence-electron chi connectivity index (χ0n) is 10.2. The van der Waals surface area contributed by atoms with E-state index in [1.165, 1.54) is 13.8 Å². The predicted octanol–water partition coefficient (Wildman–Crippen LogP) is 1.35. The molecule has 0 aliphatic rings. The first-order valence-electron chi connectivity index (χ1n) is 5.35. The summed E-state index contributed by atoms with van der Waals surface area (Å²) in [5.74, 6) is -4.10. The number of nitrogens with one attached hydrogen (secondary N) is 1. The van der Waals surface area contributed by atoms with Crippen molar-refractivity contribution in [1.29, 1.82) is 0 Å². The summed E-state index contributed by atoms with van der Waals surface area (Å²) in [4.78, 5) is 10.1. The Labute approximate surface area is 109 Å². The Morgan fingerprint density at radius 1 is 1.32 bits per heavy atom. The van der Waals surface area contributed by atoms with Gasteiger partial charge in [-0.25, -0.2) is 17.2 Å². The molecule has 1 aromatic carbocycles. The molecule has 0 aliphatic carbocycles. The quantitative estimate of drug-likeness (QED) is 0.858. The largest absolute Gasteiger partial charge is 0.480 e. The Bertz CT molecular complexity index is 586. The summed E-state index contributed by atoms with van der Waals surface area (Å²) >= 11 is 0. The van der Waals surface area contributed by atoms with E-state index in [1.807, 2.05) is 4.72 Å². The normalized spacial score (nSPS) is 13.5. The van der Waals surface area contributed by atoms with E-state index in [1.54, 1.807) is 0 Å². The fraction of sp³-hybridized carbons (Fsp3) is 0.364. The summed E-state index contributed by atoms with van der Waals surface area (Å²) in [6, 6.07) is 0.545. The number of hydrogen-bond donors (Lipinski definition) is 2. The van der Waals surface area contributed by atoms with Crippen molar-refractivity contribution in [1.82, 2.24) is 4.72 Å². The topological polar surface area (TPSA) is 83.5 Å². The summed E-state index contributed by atoms with van der Waals surface area (Å²) in [6.07, 6.45) is 0. The van der Waals surface area contributed by atoms with Crippen LogP contribution in [0.25, 0.3) is 0 Å². The Morgan fingerprint density at radius 2 is 1.89 bits per heavy atom. The van der Waals surface area contributed by atoms with E-state index in [0.29, 0.717) is 6.07 Å². The van der Waals surface area contributed by atoms with Crippen LogP contribution in [0.3, 0.4) is 0 Å². The van der Waals surface area contributed by atoms with Crippen LogP contribution in [0.4, 0.5) is 8.78 Å². The second-order valence-corrected chi connectivity index (χ2v) is 5.94. The van der Waals surface area contributed by atoms with Gasteiger partial charge in [0.05, 0.1) is 0 Å². The number of rotatable bonds is 5. The number of sulfonamides is 1. The van der Waals surface area contributed by atoms with Gasteiger partial charge in [-0.15, -0.1) is 0 Å². The molecule has 0 heterocycles. The van der Waals surface area contributed by atoms with E-state index in [4.69, 9.17) is 5.11 Å². The minimum Gasteiger partial charge on any atom is -0.480 e. The van der Waals surface area contributed by atoms with Crippen LogP contribution in [0.15, 0.2) is 23.1 Å². The molecule has 0 unspecified atom stereocenters. The van der Waals surface area contributed by atoms with Crippen LogP contribution in [0.2, 0.25) is 0 Å². The molecule has 19 heavy (non-hydrogen) atoms. The third-order valence-electron chi connectivity index (χ3n) is 2.40. The van der Waals surface area contributed by atoms with E-state index in [9.17, 15) is 22.0 Å². The van der Waals surface area contributed by atoms with Crippen LogP contribution < -0.4 is 4.72 Å². The SMILES string of the molecule is CC(C)[C@H](NS(=O)(=O)c1ccc(F)cc1F)C(=O)O. The van der Waals surface area contributed by atoms with Crippen LogP contribution in [-0.2, 0) is 14.8 Å². The van der Waals surface area contributed by atoms with E-state index in [-0.39, 0.29) is 0 Å². The molecule has 5 nitrogen and oxygen atoms in total. The third-order valence-corrected chi connectivity index (χ3v) is 3.87. The van der Waals surface area contributed by atoms with Crippen molar-refractivity contribution in [2.24, 2.45) is 5.92 Å². The molecule has 0 aliphatic heterocycles. The van der Waals surface area contributed by atoms with Gasteiger partial charge in [-0.1, -0.05) is 13.8 Å². The Kier molecular flexibility index (Phi) is 4.59. The molecule has 106 valence electrons. The second-order valence-electron chi connectivity index (χ2n) is 4.26. The highest BCUT2D eigenvalue weighted by Gasteiger charge is 2.29. The van der Waals surface area contributed by atoms with Gasteiger partial charge in [0.2, 0.25) is 10.0 Å².